The van der Waals surface area contributed by atoms with Gasteiger partial charge >= 0.3 is 6.03 Å². The number of rotatable bonds is 5. The number of hydrogen-bond acceptors (Lipinski definition) is 3. The van der Waals surface area contributed by atoms with Crippen molar-refractivity contribution in [3.8, 4) is 5.75 Å². The minimum absolute atomic E-state index is 0.182. The molecular formula is C17H25FN2O3. The SMILES string of the molecule is COc1ccc(C(C)NC(=O)NCC2CCCC(O)C2)cc1F. The molecule has 128 valence electrons. The third-order valence-electron chi connectivity index (χ3n) is 4.33. The maximum absolute atomic E-state index is 13.7. The highest BCUT2D eigenvalue weighted by Crippen LogP contribution is 2.24. The number of aliphatic hydroxyl groups excluding tert-OH is 1. The van der Waals surface area contributed by atoms with Gasteiger partial charge in [-0.2, -0.15) is 0 Å². The Balaban J connectivity index is 1.81. The molecule has 2 rings (SSSR count). The van der Waals surface area contributed by atoms with E-state index in [1.165, 1.54) is 13.2 Å². The average molecular weight is 324 g/mol. The summed E-state index contributed by atoms with van der Waals surface area (Å²) in [6.07, 6.45) is 3.36. The molecule has 0 bridgehead atoms. The number of hydrogen-bond donors (Lipinski definition) is 3. The van der Waals surface area contributed by atoms with Gasteiger partial charge in [0.2, 0.25) is 0 Å². The summed E-state index contributed by atoms with van der Waals surface area (Å²) < 4.78 is 18.6. The number of nitrogens with one attached hydrogen (secondary N) is 2. The minimum Gasteiger partial charge on any atom is -0.494 e. The van der Waals surface area contributed by atoms with E-state index in [4.69, 9.17) is 4.74 Å². The minimum atomic E-state index is -0.449. The predicted molar refractivity (Wildman–Crippen MR) is 85.9 cm³/mol. The van der Waals surface area contributed by atoms with Crippen molar-refractivity contribution in [1.29, 1.82) is 0 Å². The Hall–Kier alpha value is -1.82. The summed E-state index contributed by atoms with van der Waals surface area (Å²) in [7, 11) is 1.41. The topological polar surface area (TPSA) is 70.6 Å². The van der Waals surface area contributed by atoms with Crippen LogP contribution in [0.4, 0.5) is 9.18 Å². The van der Waals surface area contributed by atoms with Gasteiger partial charge in [0.15, 0.2) is 11.6 Å². The highest BCUT2D eigenvalue weighted by Gasteiger charge is 2.21. The number of halogens is 1. The molecular weight excluding hydrogens is 299 g/mol. The Morgan fingerprint density at radius 3 is 2.91 bits per heavy atom. The highest BCUT2D eigenvalue weighted by atomic mass is 19.1. The number of benzene rings is 1. The van der Waals surface area contributed by atoms with Crippen molar-refractivity contribution in [3.63, 3.8) is 0 Å². The van der Waals surface area contributed by atoms with Crippen LogP contribution in [0.1, 0.15) is 44.2 Å². The predicted octanol–water partition coefficient (Wildman–Crippen LogP) is 2.75. The van der Waals surface area contributed by atoms with Gasteiger partial charge in [0.25, 0.3) is 0 Å². The van der Waals surface area contributed by atoms with E-state index in [1.54, 1.807) is 19.1 Å². The molecule has 0 aliphatic heterocycles. The Kier molecular flexibility index (Phi) is 6.21. The number of amides is 2. The Labute approximate surface area is 136 Å². The largest absolute Gasteiger partial charge is 0.494 e. The molecule has 1 aromatic carbocycles. The maximum Gasteiger partial charge on any atom is 0.315 e. The molecule has 3 atom stereocenters. The zero-order valence-corrected chi connectivity index (χ0v) is 13.6. The zero-order chi connectivity index (χ0) is 16.8. The summed E-state index contributed by atoms with van der Waals surface area (Å²) in [6.45, 7) is 2.35. The molecule has 23 heavy (non-hydrogen) atoms. The standard InChI is InChI=1S/C17H25FN2O3/c1-11(13-6-7-16(23-2)15(18)9-13)20-17(22)19-10-12-4-3-5-14(21)8-12/h6-7,9,11-12,14,21H,3-5,8,10H2,1-2H3,(H2,19,20,22). The number of carbonyl (C=O) groups excluding carboxylic acids is 1. The van der Waals surface area contributed by atoms with Crippen LogP contribution < -0.4 is 15.4 Å². The Bertz CT molecular complexity index is 539. The van der Waals surface area contributed by atoms with Crippen molar-refractivity contribution >= 4 is 6.03 Å². The fourth-order valence-corrected chi connectivity index (χ4v) is 2.97. The lowest BCUT2D eigenvalue weighted by Crippen LogP contribution is -2.40. The third kappa shape index (κ3) is 5.10. The Morgan fingerprint density at radius 1 is 1.48 bits per heavy atom. The smallest absolute Gasteiger partial charge is 0.315 e. The first kappa shape index (κ1) is 17.5. The van der Waals surface area contributed by atoms with Gasteiger partial charge in [0.1, 0.15) is 0 Å². The first-order chi connectivity index (χ1) is 11.0. The molecule has 1 fully saturated rings. The van der Waals surface area contributed by atoms with Crippen molar-refractivity contribution in [2.24, 2.45) is 5.92 Å². The molecule has 3 unspecified atom stereocenters. The van der Waals surface area contributed by atoms with Crippen LogP contribution in [0.3, 0.4) is 0 Å². The molecule has 1 aromatic rings. The normalized spacial score (nSPS) is 22.3. The second-order valence-electron chi connectivity index (χ2n) is 6.16. The van der Waals surface area contributed by atoms with Gasteiger partial charge in [0.05, 0.1) is 19.3 Å². The van der Waals surface area contributed by atoms with Crippen LogP contribution in [0.15, 0.2) is 18.2 Å². The second-order valence-corrected chi connectivity index (χ2v) is 6.16. The monoisotopic (exact) mass is 324 g/mol. The average Bonchev–Trinajstić information content (AvgIpc) is 2.53. The number of methoxy groups -OCH3 is 1. The van der Waals surface area contributed by atoms with E-state index in [0.717, 1.165) is 25.7 Å². The fourth-order valence-electron chi connectivity index (χ4n) is 2.97. The van der Waals surface area contributed by atoms with Crippen LogP contribution >= 0.6 is 0 Å². The molecule has 3 N–H and O–H groups in total. The second kappa shape index (κ2) is 8.15. The summed E-state index contributed by atoms with van der Waals surface area (Å²) in [5.41, 5.74) is 0.673. The number of aliphatic hydroxyl groups is 1. The lowest BCUT2D eigenvalue weighted by atomic mass is 9.87. The van der Waals surface area contributed by atoms with Crippen molar-refractivity contribution in [1.82, 2.24) is 10.6 Å². The molecule has 1 aliphatic carbocycles. The lowest BCUT2D eigenvalue weighted by Gasteiger charge is -2.26. The molecule has 0 saturated heterocycles. The van der Waals surface area contributed by atoms with Crippen LogP contribution in [0, 0.1) is 11.7 Å². The molecule has 1 aliphatic rings. The van der Waals surface area contributed by atoms with E-state index >= 15 is 0 Å². The van der Waals surface area contributed by atoms with Gasteiger partial charge in [-0.05, 0) is 49.8 Å². The van der Waals surface area contributed by atoms with Crippen molar-refractivity contribution in [2.45, 2.75) is 44.8 Å². The van der Waals surface area contributed by atoms with Gasteiger partial charge in [0, 0.05) is 6.54 Å². The first-order valence-corrected chi connectivity index (χ1v) is 8.05. The molecule has 0 spiro atoms. The molecule has 5 nitrogen and oxygen atoms in total. The summed E-state index contributed by atoms with van der Waals surface area (Å²) in [5, 5.41) is 15.3. The van der Waals surface area contributed by atoms with E-state index in [2.05, 4.69) is 10.6 Å². The Morgan fingerprint density at radius 2 is 2.26 bits per heavy atom. The summed E-state index contributed by atoms with van der Waals surface area (Å²) in [5.74, 6) is 0.0507. The number of carbonyl (C=O) groups is 1. The van der Waals surface area contributed by atoms with Gasteiger partial charge < -0.3 is 20.5 Å². The third-order valence-corrected chi connectivity index (χ3v) is 4.33. The van der Waals surface area contributed by atoms with Gasteiger partial charge in [-0.3, -0.25) is 0 Å². The highest BCUT2D eigenvalue weighted by molar-refractivity contribution is 5.74. The lowest BCUT2D eigenvalue weighted by molar-refractivity contribution is 0.101. The van der Waals surface area contributed by atoms with E-state index < -0.39 is 5.82 Å². The van der Waals surface area contributed by atoms with Gasteiger partial charge in [-0.25, -0.2) is 9.18 Å². The van der Waals surface area contributed by atoms with Crippen molar-refractivity contribution < 1.29 is 19.0 Å². The molecule has 2 amide bonds. The summed E-state index contributed by atoms with van der Waals surface area (Å²) >= 11 is 0. The summed E-state index contributed by atoms with van der Waals surface area (Å²) in [6, 6.07) is 4.04. The van der Waals surface area contributed by atoms with E-state index in [0.29, 0.717) is 18.0 Å². The van der Waals surface area contributed by atoms with Crippen molar-refractivity contribution in [2.75, 3.05) is 13.7 Å². The molecule has 0 aromatic heterocycles. The fraction of sp³-hybridized carbons (Fsp3) is 0.588. The molecule has 0 heterocycles. The molecule has 0 radical (unpaired) electrons. The van der Waals surface area contributed by atoms with Crippen LogP contribution in [0.5, 0.6) is 5.75 Å². The van der Waals surface area contributed by atoms with Crippen LogP contribution in [-0.2, 0) is 0 Å². The van der Waals surface area contributed by atoms with Crippen LogP contribution in [-0.4, -0.2) is 30.9 Å². The van der Waals surface area contributed by atoms with Crippen molar-refractivity contribution in [3.05, 3.63) is 29.6 Å². The molecule has 1 saturated carbocycles. The number of urea groups is 1. The zero-order valence-electron chi connectivity index (χ0n) is 13.6. The number of ether oxygens (including phenoxy) is 1. The summed E-state index contributed by atoms with van der Waals surface area (Å²) in [4.78, 5) is 12.0. The van der Waals surface area contributed by atoms with E-state index in [1.807, 2.05) is 0 Å². The van der Waals surface area contributed by atoms with Gasteiger partial charge in [-0.1, -0.05) is 12.5 Å². The van der Waals surface area contributed by atoms with E-state index in [-0.39, 0.29) is 23.9 Å². The van der Waals surface area contributed by atoms with Crippen LogP contribution in [0.2, 0.25) is 0 Å². The molecule has 6 heteroatoms. The van der Waals surface area contributed by atoms with Gasteiger partial charge in [-0.15, -0.1) is 0 Å². The maximum atomic E-state index is 13.7. The quantitative estimate of drug-likeness (QED) is 0.780. The first-order valence-electron chi connectivity index (χ1n) is 8.05. The van der Waals surface area contributed by atoms with Crippen LogP contribution in [0.25, 0.3) is 0 Å². The van der Waals surface area contributed by atoms with E-state index in [9.17, 15) is 14.3 Å².